The van der Waals surface area contributed by atoms with E-state index in [4.69, 9.17) is 9.47 Å². The molecular weight excluding hydrogens is 330 g/mol. The number of benzene rings is 1. The highest BCUT2D eigenvalue weighted by atomic mass is 16.5. The maximum Gasteiger partial charge on any atom is 0.409 e. The van der Waals surface area contributed by atoms with E-state index in [1.165, 1.54) is 12.8 Å². The van der Waals surface area contributed by atoms with Crippen LogP contribution in [0.25, 0.3) is 0 Å². The Morgan fingerprint density at radius 3 is 2.46 bits per heavy atom. The fraction of sp³-hybridized carbons (Fsp3) is 0.650. The Morgan fingerprint density at radius 1 is 1.08 bits per heavy atom. The van der Waals surface area contributed by atoms with Gasteiger partial charge in [-0.25, -0.2) is 4.79 Å². The molecule has 26 heavy (non-hydrogen) atoms. The molecule has 2 fully saturated rings. The minimum absolute atomic E-state index is 0.190. The SMILES string of the molecule is COCCN1CCC(C2CN(c3ccccc3)CCN2C(=O)OC)CC1. The first-order valence-corrected chi connectivity index (χ1v) is 9.58. The quantitative estimate of drug-likeness (QED) is 0.805. The summed E-state index contributed by atoms with van der Waals surface area (Å²) in [5.74, 6) is 0.513. The Balaban J connectivity index is 1.67. The van der Waals surface area contributed by atoms with E-state index >= 15 is 0 Å². The number of carbonyl (C=O) groups excluding carboxylic acids is 1. The van der Waals surface area contributed by atoms with Crippen LogP contribution in [0.1, 0.15) is 12.8 Å². The van der Waals surface area contributed by atoms with Crippen LogP contribution in [0.4, 0.5) is 10.5 Å². The number of piperazine rings is 1. The minimum Gasteiger partial charge on any atom is -0.453 e. The molecule has 2 heterocycles. The van der Waals surface area contributed by atoms with Gasteiger partial charge in [-0.1, -0.05) is 18.2 Å². The van der Waals surface area contributed by atoms with Crippen molar-refractivity contribution in [1.82, 2.24) is 9.80 Å². The van der Waals surface area contributed by atoms with Crippen LogP contribution in [-0.2, 0) is 9.47 Å². The van der Waals surface area contributed by atoms with Gasteiger partial charge in [0.15, 0.2) is 0 Å². The molecule has 3 rings (SSSR count). The van der Waals surface area contributed by atoms with Gasteiger partial charge < -0.3 is 24.2 Å². The second-order valence-corrected chi connectivity index (χ2v) is 7.18. The maximum atomic E-state index is 12.3. The molecule has 0 N–H and O–H groups in total. The Labute approximate surface area is 156 Å². The van der Waals surface area contributed by atoms with Crippen molar-refractivity contribution in [2.75, 3.05) is 65.0 Å². The molecule has 144 valence electrons. The highest BCUT2D eigenvalue weighted by Gasteiger charge is 2.37. The Morgan fingerprint density at radius 2 is 1.81 bits per heavy atom. The molecule has 0 bridgehead atoms. The van der Waals surface area contributed by atoms with Crippen LogP contribution >= 0.6 is 0 Å². The van der Waals surface area contributed by atoms with Crippen molar-refractivity contribution in [2.24, 2.45) is 5.92 Å². The van der Waals surface area contributed by atoms with Gasteiger partial charge in [0.2, 0.25) is 0 Å². The van der Waals surface area contributed by atoms with Gasteiger partial charge in [0.1, 0.15) is 0 Å². The second kappa shape index (κ2) is 9.24. The van der Waals surface area contributed by atoms with Gasteiger partial charge in [-0.3, -0.25) is 0 Å². The standard InChI is InChI=1S/C20H31N3O3/c1-25-15-14-21-10-8-17(9-11-21)19-16-22(18-6-4-3-5-7-18)12-13-23(19)20(24)26-2/h3-7,17,19H,8-16H2,1-2H3. The summed E-state index contributed by atoms with van der Waals surface area (Å²) in [6.07, 6.45) is 2.04. The average molecular weight is 361 g/mol. The van der Waals surface area contributed by atoms with E-state index in [9.17, 15) is 4.79 Å². The third-order valence-corrected chi connectivity index (χ3v) is 5.74. The summed E-state index contributed by atoms with van der Waals surface area (Å²) in [6.45, 7) is 6.37. The molecule has 1 aromatic carbocycles. The molecule has 0 radical (unpaired) electrons. The summed E-state index contributed by atoms with van der Waals surface area (Å²) >= 11 is 0. The Hall–Kier alpha value is -1.79. The number of hydrogen-bond donors (Lipinski definition) is 0. The lowest BCUT2D eigenvalue weighted by Crippen LogP contribution is -2.59. The lowest BCUT2D eigenvalue weighted by Gasteiger charge is -2.46. The number of rotatable bonds is 5. The first kappa shape index (κ1) is 19.0. The fourth-order valence-corrected chi connectivity index (χ4v) is 4.21. The molecule has 1 atom stereocenters. The van der Waals surface area contributed by atoms with Crippen molar-refractivity contribution >= 4 is 11.8 Å². The van der Waals surface area contributed by atoms with Gasteiger partial charge >= 0.3 is 6.09 Å². The molecule has 0 spiro atoms. The third-order valence-electron chi connectivity index (χ3n) is 5.74. The van der Waals surface area contributed by atoms with Crippen LogP contribution in [0.15, 0.2) is 30.3 Å². The number of nitrogens with zero attached hydrogens (tertiary/aromatic N) is 3. The first-order valence-electron chi connectivity index (χ1n) is 9.58. The molecule has 2 saturated heterocycles. The molecule has 1 unspecified atom stereocenters. The third kappa shape index (κ3) is 4.48. The van der Waals surface area contributed by atoms with Gasteiger partial charge in [0.05, 0.1) is 19.8 Å². The van der Waals surface area contributed by atoms with E-state index in [2.05, 4.69) is 34.1 Å². The predicted molar refractivity (Wildman–Crippen MR) is 103 cm³/mol. The van der Waals surface area contributed by atoms with E-state index in [1.807, 2.05) is 11.0 Å². The van der Waals surface area contributed by atoms with E-state index in [0.717, 1.165) is 58.7 Å². The van der Waals surface area contributed by atoms with Crippen molar-refractivity contribution in [1.29, 1.82) is 0 Å². The molecule has 0 aliphatic carbocycles. The summed E-state index contributed by atoms with van der Waals surface area (Å²) in [7, 11) is 3.23. The zero-order valence-corrected chi connectivity index (χ0v) is 16.0. The number of likely N-dealkylation sites (tertiary alicyclic amines) is 1. The number of methoxy groups -OCH3 is 2. The summed E-state index contributed by atoms with van der Waals surface area (Å²) in [5, 5.41) is 0. The highest BCUT2D eigenvalue weighted by molar-refractivity contribution is 5.68. The number of carbonyl (C=O) groups is 1. The lowest BCUT2D eigenvalue weighted by atomic mass is 9.87. The van der Waals surface area contributed by atoms with E-state index in [0.29, 0.717) is 5.92 Å². The largest absolute Gasteiger partial charge is 0.453 e. The van der Waals surface area contributed by atoms with Crippen LogP contribution in [0, 0.1) is 5.92 Å². The summed E-state index contributed by atoms with van der Waals surface area (Å²) in [5.41, 5.74) is 1.24. The van der Waals surface area contributed by atoms with Gasteiger partial charge in [-0.2, -0.15) is 0 Å². The topological polar surface area (TPSA) is 45.2 Å². The smallest absolute Gasteiger partial charge is 0.409 e. The minimum atomic E-state index is -0.190. The highest BCUT2D eigenvalue weighted by Crippen LogP contribution is 2.29. The van der Waals surface area contributed by atoms with Crippen molar-refractivity contribution in [3.63, 3.8) is 0 Å². The fourth-order valence-electron chi connectivity index (χ4n) is 4.21. The molecular formula is C20H31N3O3. The Bertz CT molecular complexity index is 561. The van der Waals surface area contributed by atoms with Gasteiger partial charge in [-0.15, -0.1) is 0 Å². The van der Waals surface area contributed by atoms with Crippen LogP contribution in [0.3, 0.4) is 0 Å². The monoisotopic (exact) mass is 361 g/mol. The number of anilines is 1. The molecule has 1 aromatic rings. The van der Waals surface area contributed by atoms with Gasteiger partial charge in [-0.05, 0) is 44.0 Å². The Kier molecular flexibility index (Phi) is 6.74. The van der Waals surface area contributed by atoms with Crippen molar-refractivity contribution in [2.45, 2.75) is 18.9 Å². The molecule has 6 nitrogen and oxygen atoms in total. The zero-order chi connectivity index (χ0) is 18.4. The first-order chi connectivity index (χ1) is 12.7. The van der Waals surface area contributed by atoms with Gasteiger partial charge in [0.25, 0.3) is 0 Å². The van der Waals surface area contributed by atoms with Crippen molar-refractivity contribution in [3.8, 4) is 0 Å². The summed E-state index contributed by atoms with van der Waals surface area (Å²) < 4.78 is 10.3. The van der Waals surface area contributed by atoms with E-state index in [-0.39, 0.29) is 12.1 Å². The second-order valence-electron chi connectivity index (χ2n) is 7.18. The van der Waals surface area contributed by atoms with E-state index < -0.39 is 0 Å². The molecule has 0 aromatic heterocycles. The average Bonchev–Trinajstić information content (AvgIpc) is 2.72. The molecule has 2 aliphatic rings. The molecule has 2 aliphatic heterocycles. The van der Waals surface area contributed by atoms with Crippen molar-refractivity contribution in [3.05, 3.63) is 30.3 Å². The van der Waals surface area contributed by atoms with Crippen LogP contribution < -0.4 is 4.90 Å². The normalized spacial score (nSPS) is 22.5. The number of para-hydroxylation sites is 1. The number of hydrogen-bond acceptors (Lipinski definition) is 5. The lowest BCUT2D eigenvalue weighted by molar-refractivity contribution is 0.0553. The number of ether oxygens (including phenoxy) is 2. The molecule has 6 heteroatoms. The van der Waals surface area contributed by atoms with Crippen LogP contribution in [-0.4, -0.2) is 82.0 Å². The molecule has 1 amide bonds. The van der Waals surface area contributed by atoms with Crippen LogP contribution in [0.5, 0.6) is 0 Å². The summed E-state index contributed by atoms with van der Waals surface area (Å²) in [4.78, 5) is 19.1. The number of amides is 1. The van der Waals surface area contributed by atoms with Crippen molar-refractivity contribution < 1.29 is 14.3 Å². The summed E-state index contributed by atoms with van der Waals surface area (Å²) in [6, 6.07) is 10.7. The van der Waals surface area contributed by atoms with Crippen LogP contribution in [0.2, 0.25) is 0 Å². The van der Waals surface area contributed by atoms with E-state index in [1.54, 1.807) is 7.11 Å². The van der Waals surface area contributed by atoms with Gasteiger partial charge in [0, 0.05) is 39.0 Å². The number of piperidine rings is 1. The maximum absolute atomic E-state index is 12.3. The predicted octanol–water partition coefficient (Wildman–Crippen LogP) is 2.30. The zero-order valence-electron chi connectivity index (χ0n) is 16.0. The molecule has 0 saturated carbocycles.